The van der Waals surface area contributed by atoms with Crippen molar-refractivity contribution in [1.29, 1.82) is 0 Å². The van der Waals surface area contributed by atoms with Crippen LogP contribution in [0, 0.1) is 11.8 Å². The molecule has 4 aromatic heterocycles. The summed E-state index contributed by atoms with van der Waals surface area (Å²) in [6.07, 6.45) is 5.75. The number of fused-ring (bicyclic) bond motifs is 1. The van der Waals surface area contributed by atoms with Crippen LogP contribution < -0.4 is 15.0 Å². The van der Waals surface area contributed by atoms with E-state index >= 15 is 0 Å². The number of hydrogen-bond acceptors (Lipinski definition) is 10. The molecule has 0 spiro atoms. The lowest BCUT2D eigenvalue weighted by atomic mass is 10.2. The molecule has 0 aliphatic rings. The monoisotopic (exact) mass is 459 g/mol. The van der Waals surface area contributed by atoms with E-state index in [1.165, 1.54) is 36.3 Å². The van der Waals surface area contributed by atoms with E-state index in [0.717, 1.165) is 0 Å². The molecule has 0 bridgehead atoms. The highest BCUT2D eigenvalue weighted by Crippen LogP contribution is 2.20. The van der Waals surface area contributed by atoms with Gasteiger partial charge in [0.2, 0.25) is 17.5 Å². The number of nitrogens with one attached hydrogen (secondary N) is 1. The number of methoxy groups -OCH3 is 1. The quantitative estimate of drug-likeness (QED) is 0.405. The molecule has 4 heterocycles. The number of carboxylic acid groups (broad SMARTS) is 1. The number of rotatable bonds is 5. The lowest BCUT2D eigenvalue weighted by Crippen LogP contribution is -2.19. The zero-order chi connectivity index (χ0) is 24.2. The van der Waals surface area contributed by atoms with Gasteiger partial charge in [-0.2, -0.15) is 4.98 Å². The van der Waals surface area contributed by atoms with Crippen molar-refractivity contribution in [1.82, 2.24) is 34.5 Å². The number of hydrogen-bond donors (Lipinski definition) is 2. The molecular weight excluding hydrogens is 442 g/mol. The van der Waals surface area contributed by atoms with Gasteiger partial charge < -0.3 is 20.1 Å². The van der Waals surface area contributed by atoms with Crippen molar-refractivity contribution in [2.24, 2.45) is 0 Å². The van der Waals surface area contributed by atoms with E-state index in [9.17, 15) is 14.7 Å². The van der Waals surface area contributed by atoms with E-state index in [2.05, 4.69) is 47.3 Å². The number of ether oxygens (including phenoxy) is 1. The fourth-order valence-corrected chi connectivity index (χ4v) is 2.93. The Morgan fingerprint density at radius 2 is 2.00 bits per heavy atom. The molecule has 0 radical (unpaired) electrons. The van der Waals surface area contributed by atoms with Crippen LogP contribution in [0.4, 0.5) is 11.4 Å². The molecular formula is C21H17N9O4. The third-order valence-corrected chi connectivity index (χ3v) is 4.53. The lowest BCUT2D eigenvalue weighted by molar-refractivity contribution is 0.0698. The summed E-state index contributed by atoms with van der Waals surface area (Å²) in [7, 11) is 4.98. The minimum atomic E-state index is -1.13. The van der Waals surface area contributed by atoms with Crippen molar-refractivity contribution in [2.75, 3.05) is 31.4 Å². The maximum Gasteiger partial charge on any atom is 0.339 e. The molecule has 0 saturated heterocycles. The van der Waals surface area contributed by atoms with Gasteiger partial charge >= 0.3 is 5.97 Å². The summed E-state index contributed by atoms with van der Waals surface area (Å²) in [6, 6.07) is 2.99. The van der Waals surface area contributed by atoms with E-state index in [1.54, 1.807) is 31.3 Å². The first-order valence-corrected chi connectivity index (χ1v) is 9.67. The first-order valence-electron chi connectivity index (χ1n) is 9.67. The highest BCUT2D eigenvalue weighted by molar-refractivity contribution is 6.02. The molecule has 170 valence electrons. The molecule has 0 aromatic carbocycles. The van der Waals surface area contributed by atoms with Crippen molar-refractivity contribution in [2.45, 2.75) is 0 Å². The molecule has 13 heteroatoms. The van der Waals surface area contributed by atoms with Gasteiger partial charge in [-0.05, 0) is 24.0 Å². The standard InChI is InChI=1S/C21H17N9O4/c1-29(2)15-10-23-17(19(31)26-14-9-22-11-24-20(14)34-3)25-13(15)6-7-16-27-28-18-12(21(32)33)5-4-8-30(16)18/h4-5,8-11H,1-3H3,(H,26,31)(H,32,33). The van der Waals surface area contributed by atoms with Crippen molar-refractivity contribution >= 4 is 28.9 Å². The first kappa shape index (κ1) is 22.1. The number of anilines is 2. The van der Waals surface area contributed by atoms with E-state index in [4.69, 9.17) is 4.74 Å². The number of pyridine rings is 1. The Hall–Kier alpha value is -5.12. The Morgan fingerprint density at radius 3 is 2.74 bits per heavy atom. The normalized spacial score (nSPS) is 10.3. The Labute approximate surface area is 192 Å². The number of carbonyl (C=O) groups excluding carboxylic acids is 1. The van der Waals surface area contributed by atoms with Gasteiger partial charge in [-0.25, -0.2) is 19.7 Å². The van der Waals surface area contributed by atoms with Crippen molar-refractivity contribution < 1.29 is 19.4 Å². The van der Waals surface area contributed by atoms with Crippen LogP contribution in [0.1, 0.15) is 32.5 Å². The van der Waals surface area contributed by atoms with Gasteiger partial charge in [0, 0.05) is 20.3 Å². The van der Waals surface area contributed by atoms with E-state index < -0.39 is 11.9 Å². The van der Waals surface area contributed by atoms with Crippen molar-refractivity contribution in [3.05, 3.63) is 60.0 Å². The highest BCUT2D eigenvalue weighted by Gasteiger charge is 2.17. The van der Waals surface area contributed by atoms with Gasteiger partial charge in [0.25, 0.3) is 5.91 Å². The van der Waals surface area contributed by atoms with Crippen LogP contribution in [0.3, 0.4) is 0 Å². The average Bonchev–Trinajstić information content (AvgIpc) is 3.25. The molecule has 0 atom stereocenters. The van der Waals surface area contributed by atoms with Crippen LogP contribution in [0.2, 0.25) is 0 Å². The molecule has 4 aromatic rings. The van der Waals surface area contributed by atoms with E-state index in [0.29, 0.717) is 5.69 Å². The Balaban J connectivity index is 1.71. The molecule has 0 aliphatic heterocycles. The molecule has 13 nitrogen and oxygen atoms in total. The molecule has 0 aliphatic carbocycles. The third kappa shape index (κ3) is 4.28. The summed E-state index contributed by atoms with van der Waals surface area (Å²) in [4.78, 5) is 42.1. The summed E-state index contributed by atoms with van der Waals surface area (Å²) in [5, 5.41) is 19.8. The van der Waals surface area contributed by atoms with Gasteiger partial charge in [-0.1, -0.05) is 0 Å². The number of amides is 1. The smallest absolute Gasteiger partial charge is 0.339 e. The first-order chi connectivity index (χ1) is 16.4. The Morgan fingerprint density at radius 1 is 1.18 bits per heavy atom. The topological polar surface area (TPSA) is 161 Å². The largest absolute Gasteiger partial charge is 0.479 e. The van der Waals surface area contributed by atoms with E-state index in [-0.39, 0.29) is 40.1 Å². The molecule has 0 unspecified atom stereocenters. The SMILES string of the molecule is COc1ncncc1NC(=O)c1ncc(N(C)C)c(C#Cc2nnc3c(C(=O)O)cccn23)n1. The Kier molecular flexibility index (Phi) is 5.95. The molecule has 0 saturated carbocycles. The average molecular weight is 459 g/mol. The number of aromatic carboxylic acids is 1. The fraction of sp³-hybridized carbons (Fsp3) is 0.143. The van der Waals surface area contributed by atoms with Crippen molar-refractivity contribution in [3.8, 4) is 17.7 Å². The molecule has 34 heavy (non-hydrogen) atoms. The van der Waals surface area contributed by atoms with Crippen LogP contribution in [0.25, 0.3) is 5.65 Å². The minimum absolute atomic E-state index is 0.00153. The highest BCUT2D eigenvalue weighted by atomic mass is 16.5. The zero-order valence-corrected chi connectivity index (χ0v) is 18.2. The molecule has 0 fully saturated rings. The maximum atomic E-state index is 12.7. The lowest BCUT2D eigenvalue weighted by Gasteiger charge is -2.14. The fourth-order valence-electron chi connectivity index (χ4n) is 2.93. The van der Waals surface area contributed by atoms with Crippen LogP contribution in [0.5, 0.6) is 5.88 Å². The van der Waals surface area contributed by atoms with Crippen LogP contribution in [-0.4, -0.2) is 72.7 Å². The minimum Gasteiger partial charge on any atom is -0.479 e. The summed E-state index contributed by atoms with van der Waals surface area (Å²) in [6.45, 7) is 0. The number of aromatic nitrogens is 7. The van der Waals surface area contributed by atoms with Crippen LogP contribution in [0.15, 0.2) is 37.1 Å². The van der Waals surface area contributed by atoms with Gasteiger partial charge in [0.05, 0.1) is 25.2 Å². The maximum absolute atomic E-state index is 12.7. The van der Waals surface area contributed by atoms with Gasteiger partial charge in [-0.3, -0.25) is 9.20 Å². The van der Waals surface area contributed by atoms with Gasteiger partial charge in [0.15, 0.2) is 5.65 Å². The zero-order valence-electron chi connectivity index (χ0n) is 18.2. The second-order valence-electron chi connectivity index (χ2n) is 6.92. The van der Waals surface area contributed by atoms with Gasteiger partial charge in [-0.15, -0.1) is 10.2 Å². The molecule has 4 rings (SSSR count). The Bertz CT molecular complexity index is 1470. The second-order valence-corrected chi connectivity index (χ2v) is 6.92. The third-order valence-electron chi connectivity index (χ3n) is 4.53. The summed E-state index contributed by atoms with van der Waals surface area (Å²) in [5.74, 6) is 4.23. The molecule has 1 amide bonds. The molecule has 2 N–H and O–H groups in total. The van der Waals surface area contributed by atoms with Gasteiger partial charge in [0.1, 0.15) is 23.3 Å². The number of nitrogens with zero attached hydrogens (tertiary/aromatic N) is 8. The second kappa shape index (κ2) is 9.17. The van der Waals surface area contributed by atoms with E-state index in [1.807, 2.05) is 0 Å². The number of carboxylic acids is 1. The van der Waals surface area contributed by atoms with Crippen LogP contribution in [-0.2, 0) is 0 Å². The number of carbonyl (C=O) groups is 2. The van der Waals surface area contributed by atoms with Crippen LogP contribution >= 0.6 is 0 Å². The predicted molar refractivity (Wildman–Crippen MR) is 119 cm³/mol. The summed E-state index contributed by atoms with van der Waals surface area (Å²) in [5.41, 5.74) is 1.23. The summed E-state index contributed by atoms with van der Waals surface area (Å²) >= 11 is 0. The summed E-state index contributed by atoms with van der Waals surface area (Å²) < 4.78 is 6.57. The predicted octanol–water partition coefficient (Wildman–Crippen LogP) is 0.734. The van der Waals surface area contributed by atoms with Crippen molar-refractivity contribution in [3.63, 3.8) is 0 Å².